The van der Waals surface area contributed by atoms with Crippen LogP contribution in [0.3, 0.4) is 0 Å². The molecule has 1 fully saturated rings. The second kappa shape index (κ2) is 6.59. The standard InChI is InChI=1S/C19H20N4O4S/c1-10-16(19-22-21-18(27-19)13-7-8-13)20-11(2)17(10)28(25,26)23-15-6-4-5-14(9-15)12(3)24/h4-6,9,13,20,23H,7-8H2,1-3H3. The van der Waals surface area contributed by atoms with Crippen molar-refractivity contribution < 1.29 is 17.6 Å². The summed E-state index contributed by atoms with van der Waals surface area (Å²) in [5.41, 5.74) is 2.22. The fourth-order valence-corrected chi connectivity index (χ4v) is 4.69. The van der Waals surface area contributed by atoms with E-state index in [1.807, 2.05) is 0 Å². The molecule has 0 radical (unpaired) electrons. The average molecular weight is 400 g/mol. The number of hydrogen-bond acceptors (Lipinski definition) is 6. The maximum Gasteiger partial charge on any atom is 0.264 e. The average Bonchev–Trinajstić information content (AvgIpc) is 3.27. The Labute approximate surface area is 162 Å². The molecule has 2 heterocycles. The third kappa shape index (κ3) is 3.33. The van der Waals surface area contributed by atoms with E-state index in [1.54, 1.807) is 32.0 Å². The second-order valence-electron chi connectivity index (χ2n) is 7.04. The SMILES string of the molecule is CC(=O)c1cccc(NS(=O)(=O)c2c(C)[nH]c(-c3nnc(C4CC4)o3)c2C)c1. The van der Waals surface area contributed by atoms with Gasteiger partial charge in [-0.25, -0.2) is 8.42 Å². The van der Waals surface area contributed by atoms with Gasteiger partial charge in [0.1, 0.15) is 10.6 Å². The first kappa shape index (κ1) is 18.4. The van der Waals surface area contributed by atoms with Gasteiger partial charge >= 0.3 is 0 Å². The predicted octanol–water partition coefficient (Wildman–Crippen LogP) is 3.56. The highest BCUT2D eigenvalue weighted by molar-refractivity contribution is 7.92. The third-order valence-electron chi connectivity index (χ3n) is 4.74. The van der Waals surface area contributed by atoms with Crippen LogP contribution in [-0.4, -0.2) is 29.4 Å². The van der Waals surface area contributed by atoms with Gasteiger partial charge in [0.05, 0.1) is 0 Å². The molecule has 0 atom stereocenters. The zero-order valence-corrected chi connectivity index (χ0v) is 16.6. The number of aromatic nitrogens is 3. The normalized spacial score (nSPS) is 14.2. The molecule has 9 heteroatoms. The Morgan fingerprint density at radius 2 is 2.00 bits per heavy atom. The number of ketones is 1. The molecule has 3 aromatic rings. The number of Topliss-reactive ketones (excluding diaryl/α,β-unsaturated/α-hetero) is 1. The van der Waals surface area contributed by atoms with Crippen molar-refractivity contribution in [2.24, 2.45) is 0 Å². The van der Waals surface area contributed by atoms with Crippen LogP contribution in [0.4, 0.5) is 5.69 Å². The summed E-state index contributed by atoms with van der Waals surface area (Å²) in [6.07, 6.45) is 2.07. The Hall–Kier alpha value is -2.94. The van der Waals surface area contributed by atoms with E-state index in [4.69, 9.17) is 4.42 Å². The van der Waals surface area contributed by atoms with E-state index in [-0.39, 0.29) is 16.6 Å². The largest absolute Gasteiger partial charge is 0.419 e. The monoisotopic (exact) mass is 400 g/mol. The van der Waals surface area contributed by atoms with Crippen molar-refractivity contribution in [3.8, 4) is 11.6 Å². The molecule has 8 nitrogen and oxygen atoms in total. The molecular formula is C19H20N4O4S. The van der Waals surface area contributed by atoms with Gasteiger partial charge in [-0.3, -0.25) is 9.52 Å². The van der Waals surface area contributed by atoms with Crippen molar-refractivity contribution in [2.45, 2.75) is 44.4 Å². The van der Waals surface area contributed by atoms with Gasteiger partial charge in [0.15, 0.2) is 5.78 Å². The van der Waals surface area contributed by atoms with Crippen molar-refractivity contribution >= 4 is 21.5 Å². The Bertz CT molecular complexity index is 1170. The van der Waals surface area contributed by atoms with E-state index in [0.29, 0.717) is 40.0 Å². The topological polar surface area (TPSA) is 118 Å². The molecule has 0 spiro atoms. The fourth-order valence-electron chi connectivity index (χ4n) is 3.19. The third-order valence-corrected chi connectivity index (χ3v) is 6.39. The van der Waals surface area contributed by atoms with Crippen LogP contribution in [0.15, 0.2) is 33.6 Å². The Morgan fingerprint density at radius 3 is 2.68 bits per heavy atom. The number of benzene rings is 1. The van der Waals surface area contributed by atoms with Crippen molar-refractivity contribution in [2.75, 3.05) is 4.72 Å². The first-order valence-corrected chi connectivity index (χ1v) is 10.4. The Kier molecular flexibility index (Phi) is 4.34. The number of anilines is 1. The summed E-state index contributed by atoms with van der Waals surface area (Å²) in [7, 11) is -3.88. The summed E-state index contributed by atoms with van der Waals surface area (Å²) in [4.78, 5) is 14.7. The molecule has 2 aromatic heterocycles. The first-order valence-electron chi connectivity index (χ1n) is 8.93. The molecule has 4 rings (SSSR count). The molecule has 146 valence electrons. The van der Waals surface area contributed by atoms with E-state index in [1.165, 1.54) is 13.0 Å². The lowest BCUT2D eigenvalue weighted by Crippen LogP contribution is -2.14. The lowest BCUT2D eigenvalue weighted by Gasteiger charge is -2.09. The number of sulfonamides is 1. The summed E-state index contributed by atoms with van der Waals surface area (Å²) in [6.45, 7) is 4.80. The first-order chi connectivity index (χ1) is 13.3. The summed E-state index contributed by atoms with van der Waals surface area (Å²) in [5.74, 6) is 1.05. The minimum Gasteiger partial charge on any atom is -0.419 e. The molecule has 0 unspecified atom stereocenters. The molecule has 1 saturated carbocycles. The molecule has 2 N–H and O–H groups in total. The van der Waals surface area contributed by atoms with Crippen LogP contribution in [-0.2, 0) is 10.0 Å². The van der Waals surface area contributed by atoms with E-state index in [0.717, 1.165) is 12.8 Å². The maximum atomic E-state index is 13.0. The van der Waals surface area contributed by atoms with Gasteiger partial charge in [-0.15, -0.1) is 10.2 Å². The summed E-state index contributed by atoms with van der Waals surface area (Å²) in [6, 6.07) is 6.38. The lowest BCUT2D eigenvalue weighted by atomic mass is 10.1. The number of rotatable bonds is 6. The van der Waals surface area contributed by atoms with Crippen LogP contribution in [0.2, 0.25) is 0 Å². The number of nitrogens with zero attached hydrogens (tertiary/aromatic N) is 2. The molecule has 0 saturated heterocycles. The van der Waals surface area contributed by atoms with Crippen molar-refractivity contribution in [1.29, 1.82) is 0 Å². The number of H-pyrrole nitrogens is 1. The fraction of sp³-hybridized carbons (Fsp3) is 0.316. The van der Waals surface area contributed by atoms with Gasteiger partial charge in [-0.2, -0.15) is 0 Å². The van der Waals surface area contributed by atoms with Crippen molar-refractivity contribution in [3.63, 3.8) is 0 Å². The molecule has 0 amide bonds. The summed E-state index contributed by atoms with van der Waals surface area (Å²) < 4.78 is 34.3. The number of nitrogens with one attached hydrogen (secondary N) is 2. The zero-order valence-electron chi connectivity index (χ0n) is 15.7. The van der Waals surface area contributed by atoms with Crippen molar-refractivity contribution in [1.82, 2.24) is 15.2 Å². The highest BCUT2D eigenvalue weighted by Crippen LogP contribution is 2.40. The van der Waals surface area contributed by atoms with Gasteiger partial charge in [-0.1, -0.05) is 12.1 Å². The number of aryl methyl sites for hydroxylation is 1. The Morgan fingerprint density at radius 1 is 1.25 bits per heavy atom. The number of hydrogen-bond donors (Lipinski definition) is 2. The highest BCUT2D eigenvalue weighted by Gasteiger charge is 2.31. The van der Waals surface area contributed by atoms with Crippen molar-refractivity contribution in [3.05, 3.63) is 47.0 Å². The zero-order chi connectivity index (χ0) is 20.1. The summed E-state index contributed by atoms with van der Waals surface area (Å²) in [5, 5.41) is 8.12. The minimum atomic E-state index is -3.88. The van der Waals surface area contributed by atoms with Gasteiger partial charge in [0.25, 0.3) is 15.9 Å². The van der Waals surface area contributed by atoms with E-state index >= 15 is 0 Å². The van der Waals surface area contributed by atoms with Crippen LogP contribution in [0.5, 0.6) is 0 Å². The quantitative estimate of drug-likeness (QED) is 0.611. The smallest absolute Gasteiger partial charge is 0.264 e. The van der Waals surface area contributed by atoms with Crippen LogP contribution in [0.1, 0.15) is 53.2 Å². The molecule has 28 heavy (non-hydrogen) atoms. The van der Waals surface area contributed by atoms with Gasteiger partial charge in [0.2, 0.25) is 5.89 Å². The van der Waals surface area contributed by atoms with Crippen LogP contribution in [0, 0.1) is 13.8 Å². The van der Waals surface area contributed by atoms with E-state index < -0.39 is 10.0 Å². The molecule has 1 aromatic carbocycles. The predicted molar refractivity (Wildman–Crippen MR) is 103 cm³/mol. The second-order valence-corrected chi connectivity index (χ2v) is 8.66. The Balaban J connectivity index is 1.68. The van der Waals surface area contributed by atoms with E-state index in [9.17, 15) is 13.2 Å². The molecule has 0 bridgehead atoms. The number of aromatic amines is 1. The van der Waals surface area contributed by atoms with Gasteiger partial charge < -0.3 is 9.40 Å². The molecule has 1 aliphatic rings. The van der Waals surface area contributed by atoms with Crippen LogP contribution < -0.4 is 4.72 Å². The molecule has 0 aliphatic heterocycles. The minimum absolute atomic E-state index is 0.127. The number of carbonyl (C=O) groups is 1. The maximum absolute atomic E-state index is 13.0. The highest BCUT2D eigenvalue weighted by atomic mass is 32.2. The van der Waals surface area contributed by atoms with E-state index in [2.05, 4.69) is 19.9 Å². The molecular weight excluding hydrogens is 380 g/mol. The van der Waals surface area contributed by atoms with Gasteiger partial charge in [-0.05, 0) is 45.7 Å². The van der Waals surface area contributed by atoms with Crippen LogP contribution in [0.25, 0.3) is 11.6 Å². The molecule has 1 aliphatic carbocycles. The summed E-state index contributed by atoms with van der Waals surface area (Å²) >= 11 is 0. The van der Waals surface area contributed by atoms with Gasteiger partial charge in [0, 0.05) is 28.4 Å². The van der Waals surface area contributed by atoms with Crippen LogP contribution >= 0.6 is 0 Å². The number of carbonyl (C=O) groups excluding carboxylic acids is 1. The lowest BCUT2D eigenvalue weighted by molar-refractivity contribution is 0.101.